The number of aliphatic hydroxyl groups excluding tert-OH is 2. The highest BCUT2D eigenvalue weighted by atomic mass is 16.3. The van der Waals surface area contributed by atoms with Crippen LogP contribution >= 0.6 is 0 Å². The quantitative estimate of drug-likeness (QED) is 0.775. The van der Waals surface area contributed by atoms with E-state index in [0.29, 0.717) is 35.1 Å². The molecule has 25 heavy (non-hydrogen) atoms. The first-order chi connectivity index (χ1) is 12.2. The lowest BCUT2D eigenvalue weighted by Gasteiger charge is -2.21. The summed E-state index contributed by atoms with van der Waals surface area (Å²) in [6.07, 6.45) is 6.14. The van der Waals surface area contributed by atoms with Gasteiger partial charge in [-0.15, -0.1) is 0 Å². The predicted octanol–water partition coefficient (Wildman–Crippen LogP) is 1.76. The Morgan fingerprint density at radius 2 is 2.12 bits per heavy atom. The highest BCUT2D eigenvalue weighted by Crippen LogP contribution is 2.39. The minimum atomic E-state index is -1.10. The van der Waals surface area contributed by atoms with Crippen molar-refractivity contribution in [2.75, 3.05) is 5.32 Å². The summed E-state index contributed by atoms with van der Waals surface area (Å²) in [7, 11) is 0. The van der Waals surface area contributed by atoms with Crippen molar-refractivity contribution >= 4 is 5.82 Å². The number of hydrogen-bond donors (Lipinski definition) is 3. The second-order valence-electron chi connectivity index (χ2n) is 6.67. The van der Waals surface area contributed by atoms with Crippen molar-refractivity contribution in [3.8, 4) is 17.5 Å². The number of hydrogen-bond acceptors (Lipinski definition) is 7. The van der Waals surface area contributed by atoms with Crippen molar-refractivity contribution in [1.29, 1.82) is 5.26 Å². The third-order valence-corrected chi connectivity index (χ3v) is 5.20. The largest absolute Gasteiger partial charge is 0.383 e. The first-order valence-electron chi connectivity index (χ1n) is 8.59. The molecule has 2 aliphatic rings. The molecule has 4 rings (SSSR count). The summed E-state index contributed by atoms with van der Waals surface area (Å²) < 4.78 is 1.86. The number of fused-ring (bicyclic) bond motifs is 1. The molecule has 0 radical (unpaired) electrons. The van der Waals surface area contributed by atoms with Gasteiger partial charge in [0.05, 0.1) is 24.1 Å². The Labute approximate surface area is 145 Å². The van der Waals surface area contributed by atoms with Gasteiger partial charge >= 0.3 is 0 Å². The molecule has 1 fully saturated rings. The lowest BCUT2D eigenvalue weighted by molar-refractivity contribution is 0.0463. The summed E-state index contributed by atoms with van der Waals surface area (Å²) in [5.74, 6) is 0.890. The average Bonchev–Trinajstić information content (AvgIpc) is 3.35. The summed E-state index contributed by atoms with van der Waals surface area (Å²) in [6, 6.07) is 4.17. The molecule has 3 heterocycles. The van der Waals surface area contributed by atoms with Crippen LogP contribution in [-0.4, -0.2) is 36.2 Å². The Hall–Kier alpha value is -2.50. The molecule has 8 heteroatoms. The SMILES string of the molecule is N#CCC(C1CCCC1)n1ccc(-c2ncnc3c2C(O)C(O)N3)n1. The van der Waals surface area contributed by atoms with Gasteiger partial charge in [-0.2, -0.15) is 10.4 Å². The first kappa shape index (κ1) is 16.0. The Bertz CT molecular complexity index is 808. The van der Waals surface area contributed by atoms with E-state index >= 15 is 0 Å². The van der Waals surface area contributed by atoms with Crippen LogP contribution in [0, 0.1) is 17.2 Å². The van der Waals surface area contributed by atoms with E-state index in [0.717, 1.165) is 12.8 Å². The molecule has 0 amide bonds. The minimum absolute atomic E-state index is 0.0600. The topological polar surface area (TPSA) is 120 Å². The van der Waals surface area contributed by atoms with Crippen molar-refractivity contribution in [3.05, 3.63) is 24.2 Å². The Morgan fingerprint density at radius 1 is 1.32 bits per heavy atom. The normalized spacial score (nSPS) is 23.9. The van der Waals surface area contributed by atoms with Crippen molar-refractivity contribution in [3.63, 3.8) is 0 Å². The third kappa shape index (κ3) is 2.75. The molecular formula is C17H20N6O2. The molecule has 3 unspecified atom stereocenters. The molecule has 3 N–H and O–H groups in total. The minimum Gasteiger partial charge on any atom is -0.383 e. The molecule has 1 aliphatic carbocycles. The molecule has 3 atom stereocenters. The van der Waals surface area contributed by atoms with Crippen LogP contribution in [0.2, 0.25) is 0 Å². The van der Waals surface area contributed by atoms with Crippen molar-refractivity contribution in [2.24, 2.45) is 5.92 Å². The maximum absolute atomic E-state index is 10.2. The van der Waals surface area contributed by atoms with Gasteiger partial charge in [-0.25, -0.2) is 9.97 Å². The summed E-state index contributed by atoms with van der Waals surface area (Å²) >= 11 is 0. The van der Waals surface area contributed by atoms with Crippen LogP contribution in [0.4, 0.5) is 5.82 Å². The van der Waals surface area contributed by atoms with Gasteiger partial charge in [0.15, 0.2) is 6.23 Å². The summed E-state index contributed by atoms with van der Waals surface area (Å²) in [6.45, 7) is 0. The molecule has 0 bridgehead atoms. The Kier molecular flexibility index (Phi) is 4.11. The molecule has 2 aromatic rings. The molecule has 0 saturated heterocycles. The van der Waals surface area contributed by atoms with E-state index in [1.165, 1.54) is 19.2 Å². The lowest BCUT2D eigenvalue weighted by Crippen LogP contribution is -2.19. The fourth-order valence-corrected chi connectivity index (χ4v) is 3.93. The number of anilines is 1. The second-order valence-corrected chi connectivity index (χ2v) is 6.67. The zero-order chi connectivity index (χ0) is 17.4. The smallest absolute Gasteiger partial charge is 0.156 e. The van der Waals surface area contributed by atoms with Gasteiger partial charge < -0.3 is 15.5 Å². The molecule has 1 aliphatic heterocycles. The number of aliphatic hydroxyl groups is 2. The van der Waals surface area contributed by atoms with Gasteiger partial charge in [0, 0.05) is 6.20 Å². The predicted molar refractivity (Wildman–Crippen MR) is 89.1 cm³/mol. The molecule has 8 nitrogen and oxygen atoms in total. The molecule has 130 valence electrons. The fraction of sp³-hybridized carbons (Fsp3) is 0.529. The zero-order valence-corrected chi connectivity index (χ0v) is 13.7. The number of aromatic nitrogens is 4. The highest BCUT2D eigenvalue weighted by molar-refractivity contribution is 5.68. The van der Waals surface area contributed by atoms with Crippen LogP contribution < -0.4 is 5.32 Å². The number of rotatable bonds is 4. The van der Waals surface area contributed by atoms with E-state index in [-0.39, 0.29) is 6.04 Å². The molecule has 0 aromatic carbocycles. The molecule has 2 aromatic heterocycles. The van der Waals surface area contributed by atoms with Gasteiger partial charge in [0.2, 0.25) is 0 Å². The van der Waals surface area contributed by atoms with Gasteiger partial charge in [0.1, 0.15) is 29.6 Å². The van der Waals surface area contributed by atoms with Crippen LogP contribution in [0.25, 0.3) is 11.4 Å². The Morgan fingerprint density at radius 3 is 2.88 bits per heavy atom. The summed E-state index contributed by atoms with van der Waals surface area (Å²) in [5.41, 5.74) is 1.56. The van der Waals surface area contributed by atoms with E-state index < -0.39 is 12.3 Å². The van der Waals surface area contributed by atoms with Crippen LogP contribution in [0.3, 0.4) is 0 Å². The van der Waals surface area contributed by atoms with Crippen LogP contribution in [0.5, 0.6) is 0 Å². The van der Waals surface area contributed by atoms with Gasteiger partial charge in [-0.3, -0.25) is 4.68 Å². The molecule has 0 spiro atoms. The maximum atomic E-state index is 10.2. The fourth-order valence-electron chi connectivity index (χ4n) is 3.93. The molecule has 1 saturated carbocycles. The number of nitriles is 1. The van der Waals surface area contributed by atoms with Crippen LogP contribution in [0.15, 0.2) is 18.6 Å². The number of nitrogens with zero attached hydrogens (tertiary/aromatic N) is 5. The summed E-state index contributed by atoms with van der Waals surface area (Å²) in [5, 5.41) is 36.6. The van der Waals surface area contributed by atoms with E-state index in [9.17, 15) is 15.5 Å². The van der Waals surface area contributed by atoms with Crippen LogP contribution in [-0.2, 0) is 0 Å². The maximum Gasteiger partial charge on any atom is 0.156 e. The van der Waals surface area contributed by atoms with Crippen molar-refractivity contribution in [1.82, 2.24) is 19.7 Å². The van der Waals surface area contributed by atoms with Gasteiger partial charge in [-0.05, 0) is 24.8 Å². The van der Waals surface area contributed by atoms with Crippen molar-refractivity contribution in [2.45, 2.75) is 50.5 Å². The van der Waals surface area contributed by atoms with E-state index in [4.69, 9.17) is 0 Å². The first-order valence-corrected chi connectivity index (χ1v) is 8.59. The molecular weight excluding hydrogens is 320 g/mol. The standard InChI is InChI=1S/C17H20N6O2/c18-7-5-12(10-3-1-2-4-10)23-8-6-11(22-23)14-13-15(24)17(25)21-16(13)20-9-19-14/h6,8-10,12,15,17,24-25H,1-5H2,(H,19,20,21). The highest BCUT2D eigenvalue weighted by Gasteiger charge is 2.34. The average molecular weight is 340 g/mol. The number of nitrogens with one attached hydrogen (secondary N) is 1. The van der Waals surface area contributed by atoms with E-state index in [1.807, 2.05) is 16.9 Å². The van der Waals surface area contributed by atoms with Crippen molar-refractivity contribution < 1.29 is 10.2 Å². The van der Waals surface area contributed by atoms with Crippen LogP contribution in [0.1, 0.15) is 49.8 Å². The van der Waals surface area contributed by atoms with E-state index in [2.05, 4.69) is 26.5 Å². The Balaban J connectivity index is 1.68. The summed E-state index contributed by atoms with van der Waals surface area (Å²) in [4.78, 5) is 8.32. The lowest BCUT2D eigenvalue weighted by atomic mass is 9.96. The monoisotopic (exact) mass is 340 g/mol. The van der Waals surface area contributed by atoms with E-state index in [1.54, 1.807) is 0 Å². The van der Waals surface area contributed by atoms with Gasteiger partial charge in [0.25, 0.3) is 0 Å². The van der Waals surface area contributed by atoms with Gasteiger partial charge in [-0.1, -0.05) is 12.8 Å². The zero-order valence-electron chi connectivity index (χ0n) is 13.7. The second kappa shape index (κ2) is 6.43. The third-order valence-electron chi connectivity index (χ3n) is 5.20.